The number of fused-ring (bicyclic) bond motifs is 1. The maximum atomic E-state index is 12.4. The summed E-state index contributed by atoms with van der Waals surface area (Å²) >= 11 is 7.27. The average Bonchev–Trinajstić information content (AvgIpc) is 3.38. The summed E-state index contributed by atoms with van der Waals surface area (Å²) in [5, 5.41) is 9.06. The molecular weight excluding hydrogens is 410 g/mol. The molecule has 1 atom stereocenters. The van der Waals surface area contributed by atoms with Crippen LogP contribution >= 0.6 is 22.9 Å². The second-order valence-electron chi connectivity index (χ2n) is 7.47. The van der Waals surface area contributed by atoms with E-state index in [0.717, 1.165) is 34.3 Å². The average molecular weight is 432 g/mol. The molecule has 1 fully saturated rings. The van der Waals surface area contributed by atoms with Gasteiger partial charge in [0.1, 0.15) is 9.71 Å². The number of carbonyl (C=O) groups excluding carboxylic acids is 2. The van der Waals surface area contributed by atoms with Crippen LogP contribution in [0.15, 0.2) is 30.3 Å². The Morgan fingerprint density at radius 3 is 2.76 bits per heavy atom. The van der Waals surface area contributed by atoms with Crippen LogP contribution in [0, 0.1) is 12.8 Å². The molecule has 8 heteroatoms. The molecule has 6 nitrogen and oxygen atoms in total. The van der Waals surface area contributed by atoms with Gasteiger partial charge in [0.2, 0.25) is 0 Å². The van der Waals surface area contributed by atoms with E-state index in [1.165, 1.54) is 11.3 Å². The number of nitrogens with one attached hydrogen (secondary N) is 1. The highest BCUT2D eigenvalue weighted by Gasteiger charge is 2.29. The molecule has 1 aliphatic rings. The quantitative estimate of drug-likeness (QED) is 0.569. The van der Waals surface area contributed by atoms with Gasteiger partial charge in [0.25, 0.3) is 5.91 Å². The van der Waals surface area contributed by atoms with Crippen molar-refractivity contribution < 1.29 is 14.3 Å². The van der Waals surface area contributed by atoms with Gasteiger partial charge in [-0.15, -0.1) is 11.3 Å². The third-order valence-corrected chi connectivity index (χ3v) is 6.49. The number of benzene rings is 1. The van der Waals surface area contributed by atoms with Crippen molar-refractivity contribution in [1.82, 2.24) is 15.1 Å². The molecule has 0 aliphatic heterocycles. The van der Waals surface area contributed by atoms with Gasteiger partial charge in [-0.25, -0.2) is 4.79 Å². The van der Waals surface area contributed by atoms with E-state index in [1.54, 1.807) is 6.07 Å². The normalized spacial score (nSPS) is 14.7. The first-order valence-corrected chi connectivity index (χ1v) is 10.8. The van der Waals surface area contributed by atoms with Crippen molar-refractivity contribution in [3.8, 4) is 0 Å². The molecule has 1 aliphatic carbocycles. The number of carbonyl (C=O) groups is 2. The Kier molecular flexibility index (Phi) is 5.61. The molecule has 1 aromatic carbocycles. The highest BCUT2D eigenvalue weighted by molar-refractivity contribution is 7.20. The SMILES string of the molecule is Cc1nn(Cc2ccc(Cl)cc2)c2sc(C(=O)OCC(=O)NC(C)C3CC3)cc12. The summed E-state index contributed by atoms with van der Waals surface area (Å²) < 4.78 is 7.09. The van der Waals surface area contributed by atoms with Crippen LogP contribution in [0.25, 0.3) is 10.2 Å². The first-order valence-electron chi connectivity index (χ1n) is 9.58. The Balaban J connectivity index is 1.43. The standard InChI is InChI=1S/C21H22ClN3O3S/c1-12(15-5-6-15)23-19(26)11-28-21(27)18-9-17-13(2)24-25(20(17)29-18)10-14-3-7-16(22)8-4-14/h3-4,7-9,12,15H,5-6,10-11H2,1-2H3,(H,23,26). The molecule has 4 rings (SSSR count). The maximum Gasteiger partial charge on any atom is 0.348 e. The van der Waals surface area contributed by atoms with E-state index in [0.29, 0.717) is 22.4 Å². The molecular formula is C21H22ClN3O3S. The monoisotopic (exact) mass is 431 g/mol. The number of rotatable bonds is 7. The number of esters is 1. The molecule has 2 aromatic heterocycles. The number of ether oxygens (including phenoxy) is 1. The first kappa shape index (κ1) is 19.9. The Morgan fingerprint density at radius 2 is 2.07 bits per heavy atom. The van der Waals surface area contributed by atoms with Gasteiger partial charge in [-0.2, -0.15) is 5.10 Å². The number of hydrogen-bond donors (Lipinski definition) is 1. The second kappa shape index (κ2) is 8.16. The van der Waals surface area contributed by atoms with E-state index in [-0.39, 0.29) is 18.6 Å². The van der Waals surface area contributed by atoms with Gasteiger partial charge >= 0.3 is 5.97 Å². The Bertz CT molecular complexity index is 1050. The molecule has 2 heterocycles. The predicted molar refractivity (Wildman–Crippen MR) is 114 cm³/mol. The van der Waals surface area contributed by atoms with Gasteiger partial charge in [-0.1, -0.05) is 23.7 Å². The summed E-state index contributed by atoms with van der Waals surface area (Å²) in [6, 6.07) is 9.51. The molecule has 3 aromatic rings. The fourth-order valence-electron chi connectivity index (χ4n) is 3.30. The minimum absolute atomic E-state index is 0.132. The number of hydrogen-bond acceptors (Lipinski definition) is 5. The third kappa shape index (κ3) is 4.62. The predicted octanol–water partition coefficient (Wildman–Crippen LogP) is 4.18. The van der Waals surface area contributed by atoms with E-state index in [1.807, 2.05) is 42.8 Å². The maximum absolute atomic E-state index is 12.4. The van der Waals surface area contributed by atoms with E-state index < -0.39 is 5.97 Å². The molecule has 0 radical (unpaired) electrons. The molecule has 152 valence electrons. The van der Waals surface area contributed by atoms with E-state index in [2.05, 4.69) is 10.4 Å². The summed E-state index contributed by atoms with van der Waals surface area (Å²) in [5.74, 6) is -0.189. The molecule has 1 unspecified atom stereocenters. The summed E-state index contributed by atoms with van der Waals surface area (Å²) in [6.07, 6.45) is 2.30. The number of halogens is 1. The Labute approximate surface area is 177 Å². The van der Waals surface area contributed by atoms with E-state index in [4.69, 9.17) is 16.3 Å². The molecule has 1 saturated carbocycles. The lowest BCUT2D eigenvalue weighted by molar-refractivity contribution is -0.124. The van der Waals surface area contributed by atoms with Gasteiger partial charge in [-0.05, 0) is 56.4 Å². The number of nitrogens with zero attached hydrogens (tertiary/aromatic N) is 2. The van der Waals surface area contributed by atoms with Crippen molar-refractivity contribution in [2.45, 2.75) is 39.3 Å². The van der Waals surface area contributed by atoms with Crippen LogP contribution in [0.3, 0.4) is 0 Å². The third-order valence-electron chi connectivity index (χ3n) is 5.11. The van der Waals surface area contributed by atoms with Gasteiger partial charge in [0, 0.05) is 16.5 Å². The smallest absolute Gasteiger partial charge is 0.348 e. The van der Waals surface area contributed by atoms with E-state index in [9.17, 15) is 9.59 Å². The Hall–Kier alpha value is -2.38. The first-order chi connectivity index (χ1) is 13.9. The molecule has 0 spiro atoms. The summed E-state index contributed by atoms with van der Waals surface area (Å²) in [4.78, 5) is 25.8. The summed E-state index contributed by atoms with van der Waals surface area (Å²) in [5.41, 5.74) is 1.91. The van der Waals surface area contributed by atoms with Crippen LogP contribution in [0.4, 0.5) is 0 Å². The minimum Gasteiger partial charge on any atom is -0.451 e. The van der Waals surface area contributed by atoms with Crippen LogP contribution in [-0.2, 0) is 16.1 Å². The van der Waals surface area contributed by atoms with Crippen molar-refractivity contribution in [3.05, 3.63) is 51.5 Å². The van der Waals surface area contributed by atoms with Crippen molar-refractivity contribution >= 4 is 45.0 Å². The van der Waals surface area contributed by atoms with Gasteiger partial charge < -0.3 is 10.1 Å². The van der Waals surface area contributed by atoms with Crippen LogP contribution in [0.2, 0.25) is 5.02 Å². The topological polar surface area (TPSA) is 73.2 Å². The lowest BCUT2D eigenvalue weighted by atomic mass is 10.2. The number of thiophene rings is 1. The molecule has 1 N–H and O–H groups in total. The van der Waals surface area contributed by atoms with Crippen LogP contribution in [0.1, 0.15) is 40.7 Å². The van der Waals surface area contributed by atoms with Crippen LogP contribution in [0.5, 0.6) is 0 Å². The van der Waals surface area contributed by atoms with Crippen molar-refractivity contribution in [2.24, 2.45) is 5.92 Å². The zero-order valence-corrected chi connectivity index (χ0v) is 17.8. The van der Waals surface area contributed by atoms with Crippen LogP contribution < -0.4 is 5.32 Å². The van der Waals surface area contributed by atoms with Gasteiger partial charge in [0.15, 0.2) is 6.61 Å². The number of aryl methyl sites for hydroxylation is 1. The lowest BCUT2D eigenvalue weighted by Gasteiger charge is -2.12. The number of amides is 1. The largest absolute Gasteiger partial charge is 0.451 e. The molecule has 0 bridgehead atoms. The van der Waals surface area contributed by atoms with E-state index >= 15 is 0 Å². The minimum atomic E-state index is -0.488. The van der Waals surface area contributed by atoms with Crippen molar-refractivity contribution in [2.75, 3.05) is 6.61 Å². The van der Waals surface area contributed by atoms with Crippen molar-refractivity contribution in [3.63, 3.8) is 0 Å². The van der Waals surface area contributed by atoms with Gasteiger partial charge in [-0.3, -0.25) is 9.48 Å². The second-order valence-corrected chi connectivity index (χ2v) is 8.94. The van der Waals surface area contributed by atoms with Crippen LogP contribution in [-0.4, -0.2) is 34.3 Å². The fourth-order valence-corrected chi connectivity index (χ4v) is 4.48. The highest BCUT2D eigenvalue weighted by atomic mass is 35.5. The highest BCUT2D eigenvalue weighted by Crippen LogP contribution is 2.32. The molecule has 1 amide bonds. The Morgan fingerprint density at radius 1 is 1.34 bits per heavy atom. The summed E-state index contributed by atoms with van der Waals surface area (Å²) in [6.45, 7) is 4.21. The lowest BCUT2D eigenvalue weighted by Crippen LogP contribution is -2.37. The molecule has 0 saturated heterocycles. The molecule has 29 heavy (non-hydrogen) atoms. The zero-order valence-electron chi connectivity index (χ0n) is 16.3. The fraction of sp³-hybridized carbons (Fsp3) is 0.381. The van der Waals surface area contributed by atoms with Gasteiger partial charge in [0.05, 0.1) is 12.2 Å². The summed E-state index contributed by atoms with van der Waals surface area (Å²) in [7, 11) is 0. The number of aromatic nitrogens is 2. The zero-order chi connectivity index (χ0) is 20.5. The van der Waals surface area contributed by atoms with Crippen molar-refractivity contribution in [1.29, 1.82) is 0 Å².